The van der Waals surface area contributed by atoms with Crippen molar-refractivity contribution in [3.63, 3.8) is 0 Å². The molecule has 0 aliphatic carbocycles. The van der Waals surface area contributed by atoms with E-state index >= 15 is 0 Å². The first-order valence-electron chi connectivity index (χ1n) is 8.98. The Hall–Kier alpha value is -2.61. The summed E-state index contributed by atoms with van der Waals surface area (Å²) in [6, 6.07) is 7.53. The van der Waals surface area contributed by atoms with Gasteiger partial charge >= 0.3 is 0 Å². The van der Waals surface area contributed by atoms with Crippen molar-refractivity contribution in [3.05, 3.63) is 41.6 Å². The summed E-state index contributed by atoms with van der Waals surface area (Å²) in [5.74, 6) is 0.720. The maximum atomic E-state index is 12.2. The van der Waals surface area contributed by atoms with Crippen LogP contribution in [0.1, 0.15) is 29.3 Å². The number of carbonyl (C=O) groups excluding carboxylic acids is 1. The second-order valence-electron chi connectivity index (χ2n) is 6.21. The van der Waals surface area contributed by atoms with Crippen LogP contribution in [0.5, 0.6) is 0 Å². The number of aryl methyl sites for hydroxylation is 1. The molecule has 0 unspecified atom stereocenters. The zero-order chi connectivity index (χ0) is 19.2. The van der Waals surface area contributed by atoms with Crippen molar-refractivity contribution in [3.8, 4) is 0 Å². The predicted octanol–water partition coefficient (Wildman–Crippen LogP) is 3.11. The van der Waals surface area contributed by atoms with E-state index in [1.807, 2.05) is 42.1 Å². The van der Waals surface area contributed by atoms with Crippen molar-refractivity contribution in [1.29, 1.82) is 0 Å². The summed E-state index contributed by atoms with van der Waals surface area (Å²) in [5.41, 5.74) is 2.56. The first-order chi connectivity index (χ1) is 13.1. The number of amides is 1. The molecule has 0 aliphatic rings. The molecule has 2 heterocycles. The lowest BCUT2D eigenvalue weighted by molar-refractivity contribution is 0.0952. The van der Waals surface area contributed by atoms with Gasteiger partial charge in [0.15, 0.2) is 10.8 Å². The highest BCUT2D eigenvalue weighted by molar-refractivity contribution is 7.98. The Bertz CT molecular complexity index is 922. The van der Waals surface area contributed by atoms with E-state index in [9.17, 15) is 4.79 Å². The van der Waals surface area contributed by atoms with E-state index in [0.717, 1.165) is 35.4 Å². The van der Waals surface area contributed by atoms with E-state index in [4.69, 9.17) is 0 Å². The van der Waals surface area contributed by atoms with Crippen molar-refractivity contribution in [1.82, 2.24) is 25.1 Å². The lowest BCUT2D eigenvalue weighted by atomic mass is 10.1. The molecule has 1 amide bonds. The van der Waals surface area contributed by atoms with Crippen LogP contribution in [-0.2, 0) is 6.54 Å². The van der Waals surface area contributed by atoms with Gasteiger partial charge in [-0.15, -0.1) is 0 Å². The highest BCUT2D eigenvalue weighted by atomic mass is 32.2. The molecule has 2 N–H and O–H groups in total. The number of hydrogen-bond donors (Lipinski definition) is 2. The lowest BCUT2D eigenvalue weighted by Crippen LogP contribution is -2.27. The van der Waals surface area contributed by atoms with Crippen LogP contribution in [0.15, 0.2) is 35.6 Å². The Morgan fingerprint density at radius 3 is 2.67 bits per heavy atom. The second-order valence-corrected chi connectivity index (χ2v) is 6.99. The maximum absolute atomic E-state index is 12.2. The van der Waals surface area contributed by atoms with Gasteiger partial charge in [-0.1, -0.05) is 36.4 Å². The Morgan fingerprint density at radius 1 is 1.19 bits per heavy atom. The van der Waals surface area contributed by atoms with Crippen molar-refractivity contribution < 1.29 is 4.79 Å². The van der Waals surface area contributed by atoms with Gasteiger partial charge in [-0.3, -0.25) is 4.79 Å². The number of rotatable bonds is 8. The highest BCUT2D eigenvalue weighted by Crippen LogP contribution is 2.23. The minimum Gasteiger partial charge on any atom is -0.369 e. The largest absolute Gasteiger partial charge is 0.369 e. The summed E-state index contributed by atoms with van der Waals surface area (Å²) in [6.07, 6.45) is 4.74. The minimum absolute atomic E-state index is 0.0869. The van der Waals surface area contributed by atoms with Crippen LogP contribution in [0.3, 0.4) is 0 Å². The van der Waals surface area contributed by atoms with Crippen molar-refractivity contribution in [2.24, 2.45) is 0 Å². The van der Waals surface area contributed by atoms with E-state index < -0.39 is 0 Å². The average Bonchev–Trinajstić information content (AvgIpc) is 3.09. The fraction of sp³-hybridized carbons (Fsp3) is 0.368. The van der Waals surface area contributed by atoms with Crippen molar-refractivity contribution >= 4 is 34.5 Å². The van der Waals surface area contributed by atoms with Crippen LogP contribution in [0.2, 0.25) is 0 Å². The lowest BCUT2D eigenvalue weighted by Gasteiger charge is -2.09. The zero-order valence-corrected chi connectivity index (χ0v) is 16.6. The second kappa shape index (κ2) is 8.85. The van der Waals surface area contributed by atoms with Crippen LogP contribution in [0, 0.1) is 6.92 Å². The van der Waals surface area contributed by atoms with Crippen molar-refractivity contribution in [2.45, 2.75) is 32.0 Å². The molecule has 7 nitrogen and oxygen atoms in total. The molecule has 0 atom stereocenters. The molecule has 0 fully saturated rings. The summed E-state index contributed by atoms with van der Waals surface area (Å²) in [4.78, 5) is 21.4. The molecule has 0 saturated carbocycles. The van der Waals surface area contributed by atoms with E-state index in [0.29, 0.717) is 23.8 Å². The van der Waals surface area contributed by atoms with Crippen LogP contribution in [0.4, 0.5) is 5.82 Å². The third-order valence-corrected chi connectivity index (χ3v) is 4.67. The fourth-order valence-corrected chi connectivity index (χ4v) is 3.01. The van der Waals surface area contributed by atoms with Crippen molar-refractivity contribution in [2.75, 3.05) is 24.7 Å². The van der Waals surface area contributed by atoms with E-state index in [-0.39, 0.29) is 5.91 Å². The van der Waals surface area contributed by atoms with Crippen LogP contribution in [0.25, 0.3) is 11.0 Å². The zero-order valence-electron chi connectivity index (χ0n) is 15.8. The molecule has 8 heteroatoms. The predicted molar refractivity (Wildman–Crippen MR) is 109 cm³/mol. The summed E-state index contributed by atoms with van der Waals surface area (Å²) in [5, 5.41) is 12.3. The summed E-state index contributed by atoms with van der Waals surface area (Å²) < 4.78 is 1.81. The van der Waals surface area contributed by atoms with Gasteiger partial charge in [-0.05, 0) is 31.7 Å². The number of anilines is 1. The molecule has 0 spiro atoms. The molecule has 0 saturated heterocycles. The number of thioether (sulfide) groups is 1. The number of benzene rings is 1. The Balaban J connectivity index is 1.71. The molecule has 27 heavy (non-hydrogen) atoms. The number of nitrogens with one attached hydrogen (secondary N) is 2. The fourth-order valence-electron chi connectivity index (χ4n) is 2.65. The molecule has 142 valence electrons. The minimum atomic E-state index is -0.0869. The third-order valence-electron chi connectivity index (χ3n) is 4.12. The van der Waals surface area contributed by atoms with Crippen LogP contribution >= 0.6 is 11.8 Å². The van der Waals surface area contributed by atoms with Gasteiger partial charge < -0.3 is 10.6 Å². The van der Waals surface area contributed by atoms with Gasteiger partial charge in [0.1, 0.15) is 5.82 Å². The Morgan fingerprint density at radius 2 is 1.96 bits per heavy atom. The topological polar surface area (TPSA) is 84.7 Å². The van der Waals surface area contributed by atoms with Gasteiger partial charge in [-0.25, -0.2) is 14.6 Å². The molecule has 3 aromatic rings. The number of hydrogen-bond acceptors (Lipinski definition) is 6. The van der Waals surface area contributed by atoms with E-state index in [1.54, 1.807) is 6.20 Å². The van der Waals surface area contributed by atoms with Gasteiger partial charge in [0, 0.05) is 18.7 Å². The first-order valence-corrected chi connectivity index (χ1v) is 10.2. The number of fused-ring (bicyclic) bond motifs is 1. The van der Waals surface area contributed by atoms with Crippen LogP contribution in [-0.4, -0.2) is 45.0 Å². The molecule has 0 aliphatic heterocycles. The molecule has 2 aromatic heterocycles. The van der Waals surface area contributed by atoms with Gasteiger partial charge in [-0.2, -0.15) is 5.10 Å². The van der Waals surface area contributed by atoms with Gasteiger partial charge in [0.05, 0.1) is 18.1 Å². The van der Waals surface area contributed by atoms with E-state index in [1.165, 1.54) is 11.8 Å². The molecule has 0 radical (unpaired) electrons. The normalized spacial score (nSPS) is 10.9. The summed E-state index contributed by atoms with van der Waals surface area (Å²) in [7, 11) is 0. The Labute approximate surface area is 163 Å². The Kier molecular flexibility index (Phi) is 6.28. The standard InChI is InChI=1S/C19H24N6OS/c1-4-9-20-16-15-12-22-25(17(15)24-19(23-16)27-3)11-10-21-18(26)14-7-5-13(2)6-8-14/h5-8,12H,4,9-11H2,1-3H3,(H,21,26)(H,20,23,24). The van der Waals surface area contributed by atoms with Crippen LogP contribution < -0.4 is 10.6 Å². The summed E-state index contributed by atoms with van der Waals surface area (Å²) >= 11 is 1.50. The SMILES string of the molecule is CCCNc1nc(SC)nc2c1cnn2CCNC(=O)c1ccc(C)cc1. The molecule has 1 aromatic carbocycles. The third kappa shape index (κ3) is 4.57. The smallest absolute Gasteiger partial charge is 0.251 e. The van der Waals surface area contributed by atoms with Gasteiger partial charge in [0.25, 0.3) is 5.91 Å². The average molecular weight is 385 g/mol. The molecule has 3 rings (SSSR count). The molecular weight excluding hydrogens is 360 g/mol. The monoisotopic (exact) mass is 384 g/mol. The maximum Gasteiger partial charge on any atom is 0.251 e. The number of nitrogens with zero attached hydrogens (tertiary/aromatic N) is 4. The van der Waals surface area contributed by atoms with E-state index in [2.05, 4.69) is 32.6 Å². The molecular formula is C19H24N6OS. The number of aromatic nitrogens is 4. The highest BCUT2D eigenvalue weighted by Gasteiger charge is 2.13. The molecule has 0 bridgehead atoms. The summed E-state index contributed by atoms with van der Waals surface area (Å²) in [6.45, 7) is 5.97. The quantitative estimate of drug-likeness (QED) is 0.459. The van der Waals surface area contributed by atoms with Gasteiger partial charge in [0.2, 0.25) is 0 Å². The first kappa shape index (κ1) is 19.2. The number of carbonyl (C=O) groups is 1.